The first-order valence-electron chi connectivity index (χ1n) is 10.2. The van der Waals surface area contributed by atoms with Crippen molar-refractivity contribution in [3.05, 3.63) is 42.1 Å². The third kappa shape index (κ3) is 3.57. The van der Waals surface area contributed by atoms with Crippen LogP contribution in [0.2, 0.25) is 0 Å². The van der Waals surface area contributed by atoms with Gasteiger partial charge in [0, 0.05) is 45.3 Å². The van der Waals surface area contributed by atoms with Crippen LogP contribution in [0.3, 0.4) is 0 Å². The number of amides is 1. The Balaban J connectivity index is 1.35. The molecular weight excluding hydrogens is 370 g/mol. The number of nitrogens with zero attached hydrogens (tertiary/aromatic N) is 7. The van der Waals surface area contributed by atoms with Gasteiger partial charge < -0.3 is 14.5 Å². The maximum Gasteiger partial charge on any atom is 0.274 e. The van der Waals surface area contributed by atoms with E-state index in [0.29, 0.717) is 12.2 Å². The number of carbonyl (C=O) groups excluding carboxylic acids is 1. The molecule has 0 aromatic carbocycles. The van der Waals surface area contributed by atoms with Crippen molar-refractivity contribution in [3.8, 4) is 0 Å². The van der Waals surface area contributed by atoms with Crippen molar-refractivity contribution in [3.63, 3.8) is 0 Å². The zero-order chi connectivity index (χ0) is 19.8. The van der Waals surface area contributed by atoms with Crippen molar-refractivity contribution in [2.24, 2.45) is 7.05 Å². The van der Waals surface area contributed by atoms with E-state index in [0.717, 1.165) is 62.8 Å². The summed E-state index contributed by atoms with van der Waals surface area (Å²) in [4.78, 5) is 21.7. The maximum atomic E-state index is 12.8. The van der Waals surface area contributed by atoms with Crippen LogP contribution >= 0.6 is 0 Å². The van der Waals surface area contributed by atoms with Crippen LogP contribution in [-0.4, -0.2) is 74.6 Å². The highest BCUT2D eigenvalue weighted by Crippen LogP contribution is 2.26. The van der Waals surface area contributed by atoms with Crippen LogP contribution in [0.1, 0.15) is 35.1 Å². The minimum Gasteiger partial charge on any atom is -0.378 e. The summed E-state index contributed by atoms with van der Waals surface area (Å²) < 4.78 is 8.96. The number of anilines is 1. The second-order valence-electron chi connectivity index (χ2n) is 7.72. The van der Waals surface area contributed by atoms with Gasteiger partial charge in [0.05, 0.1) is 25.1 Å². The first-order chi connectivity index (χ1) is 14.2. The number of pyridine rings is 1. The lowest BCUT2D eigenvalue weighted by atomic mass is 9.97. The lowest BCUT2D eigenvalue weighted by Crippen LogP contribution is -2.39. The first kappa shape index (κ1) is 18.1. The molecule has 29 heavy (non-hydrogen) atoms. The van der Waals surface area contributed by atoms with Crippen LogP contribution in [-0.2, 0) is 11.8 Å². The number of morpholine rings is 1. The van der Waals surface area contributed by atoms with Gasteiger partial charge in [0.25, 0.3) is 5.91 Å². The molecule has 1 unspecified atom stereocenters. The van der Waals surface area contributed by atoms with Crippen molar-refractivity contribution in [2.75, 3.05) is 44.3 Å². The fourth-order valence-electron chi connectivity index (χ4n) is 4.13. The Morgan fingerprint density at radius 2 is 2.00 bits per heavy atom. The summed E-state index contributed by atoms with van der Waals surface area (Å²) in [5.41, 5.74) is 2.46. The van der Waals surface area contributed by atoms with Gasteiger partial charge in [0.2, 0.25) is 0 Å². The van der Waals surface area contributed by atoms with Crippen molar-refractivity contribution < 1.29 is 9.53 Å². The van der Waals surface area contributed by atoms with E-state index in [2.05, 4.69) is 16.1 Å². The molecule has 3 aromatic rings. The van der Waals surface area contributed by atoms with Crippen LogP contribution in [0.15, 0.2) is 30.6 Å². The minimum absolute atomic E-state index is 0.0198. The minimum atomic E-state index is -0.0198. The summed E-state index contributed by atoms with van der Waals surface area (Å²) in [6.45, 7) is 4.66. The molecule has 1 amide bonds. The smallest absolute Gasteiger partial charge is 0.274 e. The highest BCUT2D eigenvalue weighted by molar-refractivity contribution is 5.92. The van der Waals surface area contributed by atoms with Crippen molar-refractivity contribution in [1.82, 2.24) is 29.3 Å². The molecule has 9 heteroatoms. The van der Waals surface area contributed by atoms with E-state index < -0.39 is 0 Å². The molecule has 9 nitrogen and oxygen atoms in total. The van der Waals surface area contributed by atoms with Gasteiger partial charge >= 0.3 is 0 Å². The number of hydrogen-bond acceptors (Lipinski definition) is 6. The molecule has 2 aliphatic heterocycles. The van der Waals surface area contributed by atoms with Gasteiger partial charge in [-0.05, 0) is 31.0 Å². The maximum absolute atomic E-state index is 12.8. The van der Waals surface area contributed by atoms with Gasteiger partial charge in [0.1, 0.15) is 5.69 Å². The summed E-state index contributed by atoms with van der Waals surface area (Å²) >= 11 is 0. The van der Waals surface area contributed by atoms with Crippen LogP contribution < -0.4 is 4.90 Å². The van der Waals surface area contributed by atoms with Crippen LogP contribution in [0.4, 0.5) is 5.69 Å². The Bertz CT molecular complexity index is 1020. The largest absolute Gasteiger partial charge is 0.378 e. The molecule has 0 bridgehead atoms. The van der Waals surface area contributed by atoms with Crippen LogP contribution in [0.25, 0.3) is 5.65 Å². The molecule has 2 aliphatic rings. The number of ether oxygens (including phenoxy) is 1. The molecule has 3 aromatic heterocycles. The molecule has 5 heterocycles. The monoisotopic (exact) mass is 395 g/mol. The summed E-state index contributed by atoms with van der Waals surface area (Å²) in [6.07, 6.45) is 5.76. The predicted octanol–water partition coefficient (Wildman–Crippen LogP) is 1.32. The third-order valence-electron chi connectivity index (χ3n) is 5.71. The Kier molecular flexibility index (Phi) is 4.67. The van der Waals surface area contributed by atoms with E-state index >= 15 is 0 Å². The Morgan fingerprint density at radius 1 is 1.14 bits per heavy atom. The summed E-state index contributed by atoms with van der Waals surface area (Å²) in [5.74, 6) is 0.930. The topological polar surface area (TPSA) is 80.8 Å². The van der Waals surface area contributed by atoms with Gasteiger partial charge in [-0.1, -0.05) is 0 Å². The van der Waals surface area contributed by atoms with E-state index in [1.54, 1.807) is 16.9 Å². The standard InChI is InChI=1S/C20H25N7O2/c1-24-8-6-17(22-24)20(28)26-7-2-3-15(13-26)19-21-18-5-4-16(14-27(18)23-19)25-9-11-29-12-10-25/h4-6,8,14-15H,2-3,7,9-13H2,1H3. The highest BCUT2D eigenvalue weighted by Gasteiger charge is 2.29. The lowest BCUT2D eigenvalue weighted by molar-refractivity contribution is 0.0698. The predicted molar refractivity (Wildman–Crippen MR) is 107 cm³/mol. The average Bonchev–Trinajstić information content (AvgIpc) is 3.39. The van der Waals surface area contributed by atoms with Crippen LogP contribution in [0.5, 0.6) is 0 Å². The van der Waals surface area contributed by atoms with E-state index in [9.17, 15) is 4.79 Å². The van der Waals surface area contributed by atoms with Gasteiger partial charge in [-0.2, -0.15) is 10.2 Å². The average molecular weight is 395 g/mol. The number of aromatic nitrogens is 5. The number of fused-ring (bicyclic) bond motifs is 1. The molecule has 0 spiro atoms. The summed E-state index contributed by atoms with van der Waals surface area (Å²) in [5, 5.41) is 9.00. The van der Waals surface area contributed by atoms with E-state index in [1.807, 2.05) is 28.7 Å². The van der Waals surface area contributed by atoms with Crippen LogP contribution in [0, 0.1) is 0 Å². The first-order valence-corrected chi connectivity index (χ1v) is 10.2. The molecule has 2 fully saturated rings. The molecule has 5 rings (SSSR count). The highest BCUT2D eigenvalue weighted by atomic mass is 16.5. The third-order valence-corrected chi connectivity index (χ3v) is 5.71. The Labute approximate surface area is 168 Å². The second kappa shape index (κ2) is 7.47. The summed E-state index contributed by atoms with van der Waals surface area (Å²) in [7, 11) is 1.82. The van der Waals surface area contributed by atoms with E-state index in [1.165, 1.54) is 0 Å². The molecule has 0 saturated carbocycles. The molecule has 0 aliphatic carbocycles. The number of hydrogen-bond donors (Lipinski definition) is 0. The number of rotatable bonds is 3. The number of carbonyl (C=O) groups is 1. The van der Waals surface area contributed by atoms with E-state index in [-0.39, 0.29) is 11.8 Å². The summed E-state index contributed by atoms with van der Waals surface area (Å²) in [6, 6.07) is 5.88. The van der Waals surface area contributed by atoms with Gasteiger partial charge in [-0.3, -0.25) is 9.48 Å². The molecule has 1 atom stereocenters. The molecule has 0 radical (unpaired) electrons. The zero-order valence-corrected chi connectivity index (χ0v) is 16.6. The Morgan fingerprint density at radius 3 is 2.79 bits per heavy atom. The SMILES string of the molecule is Cn1ccc(C(=O)N2CCCC(c3nc4ccc(N5CCOCC5)cn4n3)C2)n1. The van der Waals surface area contributed by atoms with Crippen molar-refractivity contribution in [1.29, 1.82) is 0 Å². The van der Waals surface area contributed by atoms with Crippen molar-refractivity contribution >= 4 is 17.2 Å². The number of aryl methyl sites for hydroxylation is 1. The fraction of sp³-hybridized carbons (Fsp3) is 0.500. The molecule has 0 N–H and O–H groups in total. The second-order valence-corrected chi connectivity index (χ2v) is 7.72. The molecule has 152 valence electrons. The quantitative estimate of drug-likeness (QED) is 0.665. The molecular formula is C20H25N7O2. The number of piperidine rings is 1. The zero-order valence-electron chi connectivity index (χ0n) is 16.6. The van der Waals surface area contributed by atoms with Gasteiger partial charge in [-0.15, -0.1) is 0 Å². The lowest BCUT2D eigenvalue weighted by Gasteiger charge is -2.30. The fourth-order valence-corrected chi connectivity index (χ4v) is 4.13. The van der Waals surface area contributed by atoms with E-state index in [4.69, 9.17) is 14.8 Å². The van der Waals surface area contributed by atoms with Gasteiger partial charge in [-0.25, -0.2) is 9.50 Å². The Hall–Kier alpha value is -2.94. The van der Waals surface area contributed by atoms with Gasteiger partial charge in [0.15, 0.2) is 11.5 Å². The molecule has 2 saturated heterocycles. The normalized spacial score (nSPS) is 20.4. The number of likely N-dealkylation sites (tertiary alicyclic amines) is 1. The van der Waals surface area contributed by atoms with Crippen molar-refractivity contribution in [2.45, 2.75) is 18.8 Å².